The molecule has 55 heavy (non-hydrogen) atoms. The number of hydrogen-bond acceptors (Lipinski definition) is 5. The summed E-state index contributed by atoms with van der Waals surface area (Å²) in [7, 11) is -1.22. The number of amidine groups is 2. The topological polar surface area (TPSA) is 96.1 Å². The van der Waals surface area contributed by atoms with Crippen LogP contribution >= 0.6 is 0 Å². The summed E-state index contributed by atoms with van der Waals surface area (Å²) in [6.07, 6.45) is 6.56. The normalized spacial score (nSPS) is 11.6. The van der Waals surface area contributed by atoms with Crippen molar-refractivity contribution in [1.29, 1.82) is 0 Å². The first-order chi connectivity index (χ1) is 26.4. The van der Waals surface area contributed by atoms with Gasteiger partial charge in [-0.15, -0.1) is 0 Å². The van der Waals surface area contributed by atoms with Gasteiger partial charge in [-0.1, -0.05) is 95.1 Å². The van der Waals surface area contributed by atoms with Crippen molar-refractivity contribution in [2.75, 3.05) is 35.7 Å². The Kier molecular flexibility index (Phi) is 14.1. The Morgan fingerprint density at radius 1 is 0.455 bits per heavy atom. The van der Waals surface area contributed by atoms with Crippen LogP contribution in [0.2, 0.25) is 0 Å². The number of hydrogen-bond donors (Lipinski definition) is 2. The van der Waals surface area contributed by atoms with E-state index in [1.54, 1.807) is 25.0 Å². The van der Waals surface area contributed by atoms with Gasteiger partial charge in [-0.05, 0) is 88.4 Å². The van der Waals surface area contributed by atoms with E-state index in [0.717, 1.165) is 55.8 Å². The maximum atomic E-state index is 9.56. The molecule has 282 valence electrons. The van der Waals surface area contributed by atoms with Crippen molar-refractivity contribution in [1.82, 2.24) is 0 Å². The monoisotopic (exact) mass is 768 g/mol. The highest BCUT2D eigenvalue weighted by molar-refractivity contribution is 7.83. The van der Waals surface area contributed by atoms with Crippen LogP contribution in [0.15, 0.2) is 148 Å². The highest BCUT2D eigenvalue weighted by atomic mass is 32.2. The molecule has 0 fully saturated rings. The van der Waals surface area contributed by atoms with E-state index >= 15 is 0 Å². The summed E-state index contributed by atoms with van der Waals surface area (Å²) in [4.78, 5) is 10.2. The molecule has 0 amide bonds. The van der Waals surface area contributed by atoms with Crippen molar-refractivity contribution in [2.24, 2.45) is 9.98 Å². The standard InChI is InChI=1S/C42H36N4O.2C2H6OS/c1-27-11-19-31(20-12-27)43-41(44-32-21-13-28(2)14-22-32)37-9-5-7-35-36-8-6-10-38(40(36)47-39(35)37)42(45-33-23-15-29(3)16-24-33)46-34-25-17-30(4)18-26-34;2*1-4(2)3/h5-26H,1-4H3,(H,43,44)(H,45,46);2*1-2H3. The molecule has 1 aromatic heterocycles. The number of aliphatic imine (C=N–C) groups is 2. The number of anilines is 2. The largest absolute Gasteiger partial charge is 0.455 e. The molecule has 0 saturated carbocycles. The maximum absolute atomic E-state index is 9.56. The first kappa shape index (κ1) is 40.5. The molecule has 9 heteroatoms. The van der Waals surface area contributed by atoms with Gasteiger partial charge >= 0.3 is 0 Å². The third-order valence-electron chi connectivity index (χ3n) is 8.21. The lowest BCUT2D eigenvalue weighted by molar-refractivity contribution is 0.667. The number of rotatable bonds is 6. The van der Waals surface area contributed by atoms with Gasteiger partial charge in [0.25, 0.3) is 0 Å². The first-order valence-corrected chi connectivity index (χ1v) is 21.7. The van der Waals surface area contributed by atoms with Gasteiger partial charge in [0, 0.05) is 68.8 Å². The van der Waals surface area contributed by atoms with Crippen LogP contribution in [-0.4, -0.2) is 45.1 Å². The number of benzene rings is 6. The molecule has 0 aliphatic rings. The van der Waals surface area contributed by atoms with Crippen molar-refractivity contribution in [3.63, 3.8) is 0 Å². The highest BCUT2D eigenvalue weighted by Crippen LogP contribution is 2.35. The summed E-state index contributed by atoms with van der Waals surface area (Å²) in [6.45, 7) is 8.33. The second-order valence-electron chi connectivity index (χ2n) is 13.5. The van der Waals surface area contributed by atoms with E-state index in [1.165, 1.54) is 22.3 Å². The summed E-state index contributed by atoms with van der Waals surface area (Å²) in [5, 5.41) is 9.19. The molecule has 0 bridgehead atoms. The molecule has 7 aromatic rings. The van der Waals surface area contributed by atoms with Gasteiger partial charge in [-0.25, -0.2) is 9.98 Å². The fourth-order valence-electron chi connectivity index (χ4n) is 5.55. The Morgan fingerprint density at radius 2 is 0.745 bits per heavy atom. The minimum absolute atomic E-state index is 0.611. The molecule has 0 unspecified atom stereocenters. The van der Waals surface area contributed by atoms with Crippen LogP contribution in [0.4, 0.5) is 22.7 Å². The summed E-state index contributed by atoms with van der Waals surface area (Å²) in [6, 6.07) is 45.6. The smallest absolute Gasteiger partial charge is 0.146 e. The van der Waals surface area contributed by atoms with Crippen LogP contribution in [0.3, 0.4) is 0 Å². The fraction of sp³-hybridized carbons (Fsp3) is 0.174. The van der Waals surface area contributed by atoms with Crippen molar-refractivity contribution in [3.8, 4) is 0 Å². The van der Waals surface area contributed by atoms with E-state index in [2.05, 4.69) is 148 Å². The molecule has 0 saturated heterocycles. The Morgan fingerprint density at radius 3 is 1.05 bits per heavy atom. The molecule has 7 nitrogen and oxygen atoms in total. The quantitative estimate of drug-likeness (QED) is 0.130. The lowest BCUT2D eigenvalue weighted by Gasteiger charge is -2.12. The minimum Gasteiger partial charge on any atom is -0.455 e. The van der Waals surface area contributed by atoms with Crippen LogP contribution in [-0.2, 0) is 21.6 Å². The predicted octanol–water partition coefficient (Wildman–Crippen LogP) is 11.2. The molecular weight excluding hydrogens is 721 g/mol. The van der Waals surface area contributed by atoms with Crippen molar-refractivity contribution < 1.29 is 12.8 Å². The van der Waals surface area contributed by atoms with E-state index in [1.807, 2.05) is 24.3 Å². The van der Waals surface area contributed by atoms with Crippen LogP contribution < -0.4 is 10.6 Å². The van der Waals surface area contributed by atoms with Crippen LogP contribution in [0.25, 0.3) is 21.9 Å². The third-order valence-corrected chi connectivity index (χ3v) is 8.21. The van der Waals surface area contributed by atoms with Gasteiger partial charge in [0.2, 0.25) is 0 Å². The second-order valence-corrected chi connectivity index (χ2v) is 16.5. The van der Waals surface area contributed by atoms with E-state index in [-0.39, 0.29) is 0 Å². The predicted molar refractivity (Wildman–Crippen MR) is 238 cm³/mol. The van der Waals surface area contributed by atoms with E-state index in [4.69, 9.17) is 14.4 Å². The van der Waals surface area contributed by atoms with E-state index < -0.39 is 21.6 Å². The minimum atomic E-state index is -0.611. The number of fused-ring (bicyclic) bond motifs is 3. The Balaban J connectivity index is 0.000000663. The van der Waals surface area contributed by atoms with Gasteiger partial charge in [-0.3, -0.25) is 8.42 Å². The van der Waals surface area contributed by atoms with E-state index in [9.17, 15) is 8.42 Å². The zero-order valence-electron chi connectivity index (χ0n) is 32.6. The highest BCUT2D eigenvalue weighted by Gasteiger charge is 2.19. The lowest BCUT2D eigenvalue weighted by atomic mass is 10.1. The fourth-order valence-corrected chi connectivity index (χ4v) is 5.55. The summed E-state index contributed by atoms with van der Waals surface area (Å²) >= 11 is 0. The van der Waals surface area contributed by atoms with E-state index in [0.29, 0.717) is 11.7 Å². The van der Waals surface area contributed by atoms with Crippen molar-refractivity contribution >= 4 is 78.0 Å². The third kappa shape index (κ3) is 11.7. The summed E-state index contributed by atoms with van der Waals surface area (Å²) in [5.74, 6) is 1.41. The van der Waals surface area contributed by atoms with Gasteiger partial charge in [0.05, 0.1) is 22.5 Å². The Labute approximate surface area is 329 Å². The molecule has 6 aromatic carbocycles. The molecule has 0 radical (unpaired) electrons. The van der Waals surface area contributed by atoms with Crippen LogP contribution in [0.5, 0.6) is 0 Å². The SMILES string of the molecule is CS(C)=O.CS(C)=O.Cc1ccc(N=C(Nc2ccc(C)cc2)c2cccc3c2oc2c(C(=Nc4ccc(C)cc4)Nc4ccc(C)cc4)cccc23)cc1. The number of nitrogens with one attached hydrogen (secondary N) is 2. The second kappa shape index (κ2) is 19.1. The van der Waals surface area contributed by atoms with Crippen molar-refractivity contribution in [2.45, 2.75) is 27.7 Å². The van der Waals surface area contributed by atoms with Gasteiger partial charge in [0.1, 0.15) is 22.8 Å². The molecule has 7 rings (SSSR count). The number of aryl methyl sites for hydroxylation is 4. The summed E-state index contributed by atoms with van der Waals surface area (Å²) < 4.78 is 26.0. The molecule has 0 atom stereocenters. The van der Waals surface area contributed by atoms with Crippen LogP contribution in [0.1, 0.15) is 33.4 Å². The molecule has 0 spiro atoms. The zero-order chi connectivity index (χ0) is 39.5. The average Bonchev–Trinajstić information content (AvgIpc) is 3.54. The van der Waals surface area contributed by atoms with Crippen LogP contribution in [0, 0.1) is 27.7 Å². The lowest BCUT2D eigenvalue weighted by Crippen LogP contribution is -2.14. The number of nitrogens with zero attached hydrogens (tertiary/aromatic N) is 2. The van der Waals surface area contributed by atoms with Gasteiger partial charge < -0.3 is 15.1 Å². The Hall–Kier alpha value is -5.64. The molecular formula is C46H48N4O3S2. The number of para-hydroxylation sites is 2. The first-order valence-electron chi connectivity index (χ1n) is 17.8. The zero-order valence-corrected chi connectivity index (χ0v) is 34.3. The van der Waals surface area contributed by atoms with Crippen molar-refractivity contribution in [3.05, 3.63) is 167 Å². The van der Waals surface area contributed by atoms with Gasteiger partial charge in [0.15, 0.2) is 0 Å². The average molecular weight is 769 g/mol. The Bertz CT molecular complexity index is 2290. The molecule has 2 N–H and O–H groups in total. The van der Waals surface area contributed by atoms with Gasteiger partial charge in [-0.2, -0.15) is 0 Å². The summed E-state index contributed by atoms with van der Waals surface area (Å²) in [5.41, 5.74) is 11.6. The molecule has 0 aliphatic carbocycles. The maximum Gasteiger partial charge on any atom is 0.146 e. The molecule has 1 heterocycles. The number of furan rings is 1. The molecule has 0 aliphatic heterocycles.